The fourth-order valence-corrected chi connectivity index (χ4v) is 4.87. The smallest absolute Gasteiger partial charge is 0.355 e. The van der Waals surface area contributed by atoms with Gasteiger partial charge in [0.1, 0.15) is 42.3 Å². The average molecular weight is 541 g/mol. The number of fused-ring (bicyclic) bond motifs is 1. The standard InChI is InChI=1S/C23H20N6O8S/c1-36-27-18(15-3-2-4-17(25-15)24-12-30)20(31)26-19-21(32)28-16(9-10-38-22(19)28)23(33)37-11-13-5-7-14(8-6-13)29(34)35/h2-9,12,19,22H,10-11H2,1H3,(H,26,31)(H,24,25,30)/t19?,22-/m1/s1. The number of esters is 1. The van der Waals surface area contributed by atoms with Crippen molar-refractivity contribution in [1.29, 1.82) is 0 Å². The Morgan fingerprint density at radius 1 is 1.29 bits per heavy atom. The van der Waals surface area contributed by atoms with Gasteiger partial charge >= 0.3 is 5.97 Å². The van der Waals surface area contributed by atoms with Crippen molar-refractivity contribution in [3.05, 3.63) is 75.6 Å². The highest BCUT2D eigenvalue weighted by atomic mass is 32.2. The zero-order valence-corrected chi connectivity index (χ0v) is 20.5. The molecule has 0 bridgehead atoms. The molecule has 2 N–H and O–H groups in total. The number of benzene rings is 1. The van der Waals surface area contributed by atoms with Gasteiger partial charge in [-0.1, -0.05) is 11.2 Å². The predicted octanol–water partition coefficient (Wildman–Crippen LogP) is 0.936. The van der Waals surface area contributed by atoms with Gasteiger partial charge in [-0.05, 0) is 35.9 Å². The highest BCUT2D eigenvalue weighted by Crippen LogP contribution is 2.38. The number of nitro benzene ring substituents is 1. The lowest BCUT2D eigenvalue weighted by molar-refractivity contribution is -0.384. The molecule has 1 saturated heterocycles. The minimum Gasteiger partial charge on any atom is -0.456 e. The van der Waals surface area contributed by atoms with Crippen molar-refractivity contribution in [3.8, 4) is 0 Å². The van der Waals surface area contributed by atoms with Crippen LogP contribution in [0.4, 0.5) is 11.5 Å². The van der Waals surface area contributed by atoms with Crippen molar-refractivity contribution in [1.82, 2.24) is 15.2 Å². The van der Waals surface area contributed by atoms with Gasteiger partial charge in [0.25, 0.3) is 17.5 Å². The Hall–Kier alpha value is -4.79. The molecule has 1 aromatic carbocycles. The van der Waals surface area contributed by atoms with E-state index in [0.717, 1.165) is 0 Å². The lowest BCUT2D eigenvalue weighted by atomic mass is 10.0. The van der Waals surface area contributed by atoms with E-state index in [1.165, 1.54) is 60.2 Å². The van der Waals surface area contributed by atoms with Crippen LogP contribution in [0.15, 0.2) is 59.4 Å². The maximum Gasteiger partial charge on any atom is 0.355 e. The lowest BCUT2D eigenvalue weighted by Gasteiger charge is -2.48. The third kappa shape index (κ3) is 5.46. The van der Waals surface area contributed by atoms with Crippen LogP contribution in [0.1, 0.15) is 11.3 Å². The number of aromatic nitrogens is 1. The molecule has 0 aliphatic carbocycles. The van der Waals surface area contributed by atoms with Crippen LogP contribution in [0.3, 0.4) is 0 Å². The molecule has 196 valence electrons. The third-order valence-electron chi connectivity index (χ3n) is 5.46. The van der Waals surface area contributed by atoms with Crippen molar-refractivity contribution in [2.45, 2.75) is 18.0 Å². The normalized spacial score (nSPS) is 18.3. The van der Waals surface area contributed by atoms with Crippen LogP contribution in [0.2, 0.25) is 0 Å². The van der Waals surface area contributed by atoms with Gasteiger partial charge in [0.05, 0.1) is 4.92 Å². The maximum absolute atomic E-state index is 13.0. The van der Waals surface area contributed by atoms with Gasteiger partial charge in [0.15, 0.2) is 5.71 Å². The molecule has 38 heavy (non-hydrogen) atoms. The monoisotopic (exact) mass is 540 g/mol. The molecule has 1 aromatic heterocycles. The molecule has 2 aromatic rings. The molecule has 14 nitrogen and oxygen atoms in total. The minimum absolute atomic E-state index is 0.0475. The number of nitro groups is 1. The van der Waals surface area contributed by atoms with Gasteiger partial charge in [-0.15, -0.1) is 11.8 Å². The van der Waals surface area contributed by atoms with Crippen molar-refractivity contribution in [2.75, 3.05) is 18.2 Å². The summed E-state index contributed by atoms with van der Waals surface area (Å²) in [6.07, 6.45) is 1.99. The van der Waals surface area contributed by atoms with Crippen LogP contribution in [0.5, 0.6) is 0 Å². The van der Waals surface area contributed by atoms with Crippen molar-refractivity contribution < 1.29 is 33.7 Å². The summed E-state index contributed by atoms with van der Waals surface area (Å²) in [5.74, 6) is -1.42. The number of non-ortho nitro benzene ring substituents is 1. The molecule has 2 aliphatic rings. The summed E-state index contributed by atoms with van der Waals surface area (Å²) in [6.45, 7) is -0.143. The second-order valence-corrected chi connectivity index (χ2v) is 8.91. The quantitative estimate of drug-likeness (QED) is 0.110. The molecular formula is C23H20N6O8S. The molecule has 0 radical (unpaired) electrons. The first kappa shape index (κ1) is 26.3. The number of rotatable bonds is 10. The Morgan fingerprint density at radius 2 is 2.05 bits per heavy atom. The highest BCUT2D eigenvalue weighted by Gasteiger charge is 2.53. The summed E-state index contributed by atoms with van der Waals surface area (Å²) in [5.41, 5.74) is 0.386. The summed E-state index contributed by atoms with van der Waals surface area (Å²) in [6, 6.07) is 9.15. The van der Waals surface area contributed by atoms with E-state index < -0.39 is 34.1 Å². The van der Waals surface area contributed by atoms with Gasteiger partial charge in [-0.25, -0.2) is 9.78 Å². The Morgan fingerprint density at radius 3 is 2.74 bits per heavy atom. The van der Waals surface area contributed by atoms with Crippen LogP contribution < -0.4 is 10.6 Å². The summed E-state index contributed by atoms with van der Waals surface area (Å²) in [5, 5.41) is 18.9. The van der Waals surface area contributed by atoms with Crippen LogP contribution in [-0.4, -0.2) is 69.0 Å². The molecule has 0 saturated carbocycles. The first-order valence-corrected chi connectivity index (χ1v) is 12.0. The number of oxime groups is 1. The number of thioether (sulfide) groups is 1. The zero-order valence-electron chi connectivity index (χ0n) is 19.7. The lowest BCUT2D eigenvalue weighted by Crippen LogP contribution is -2.70. The van der Waals surface area contributed by atoms with Gasteiger partial charge < -0.3 is 20.2 Å². The number of hydrogen-bond acceptors (Lipinski definition) is 11. The van der Waals surface area contributed by atoms with E-state index in [1.807, 2.05) is 0 Å². The van der Waals surface area contributed by atoms with E-state index in [2.05, 4.69) is 20.8 Å². The Balaban J connectivity index is 1.40. The summed E-state index contributed by atoms with van der Waals surface area (Å²) >= 11 is 1.34. The topological polar surface area (TPSA) is 182 Å². The summed E-state index contributed by atoms with van der Waals surface area (Å²) in [4.78, 5) is 69.7. The number of carbonyl (C=O) groups excluding carboxylic acids is 4. The van der Waals surface area contributed by atoms with Crippen LogP contribution in [-0.2, 0) is 35.4 Å². The first-order valence-electron chi connectivity index (χ1n) is 11.0. The number of carbonyl (C=O) groups is 4. The van der Waals surface area contributed by atoms with Crippen molar-refractivity contribution in [2.24, 2.45) is 5.16 Å². The molecule has 3 amide bonds. The van der Waals surface area contributed by atoms with Crippen molar-refractivity contribution >= 4 is 53.2 Å². The molecular weight excluding hydrogens is 520 g/mol. The molecule has 15 heteroatoms. The molecule has 3 heterocycles. The first-order chi connectivity index (χ1) is 18.3. The summed E-state index contributed by atoms with van der Waals surface area (Å²) < 4.78 is 5.30. The minimum atomic E-state index is -0.947. The van der Waals surface area contributed by atoms with Gasteiger partial charge in [0, 0.05) is 17.9 Å². The molecule has 0 spiro atoms. The Labute approximate surface area is 219 Å². The maximum atomic E-state index is 13.0. The van der Waals surface area contributed by atoms with Gasteiger partial charge in [0.2, 0.25) is 6.41 Å². The van der Waals surface area contributed by atoms with E-state index in [1.54, 1.807) is 12.1 Å². The fourth-order valence-electron chi connectivity index (χ4n) is 3.68. The molecule has 4 rings (SSSR count). The van der Waals surface area contributed by atoms with E-state index in [4.69, 9.17) is 9.57 Å². The Bertz CT molecular complexity index is 1350. The molecule has 1 unspecified atom stereocenters. The largest absolute Gasteiger partial charge is 0.456 e. The number of nitrogens with one attached hydrogen (secondary N) is 2. The second-order valence-electron chi connectivity index (χ2n) is 7.77. The van der Waals surface area contributed by atoms with E-state index >= 15 is 0 Å². The molecule has 2 aliphatic heterocycles. The van der Waals surface area contributed by atoms with Crippen molar-refractivity contribution in [3.63, 3.8) is 0 Å². The van der Waals surface area contributed by atoms with E-state index in [9.17, 15) is 29.3 Å². The predicted molar refractivity (Wildman–Crippen MR) is 133 cm³/mol. The van der Waals surface area contributed by atoms with E-state index in [-0.39, 0.29) is 35.2 Å². The van der Waals surface area contributed by atoms with Crippen LogP contribution >= 0.6 is 11.8 Å². The number of amides is 3. The summed E-state index contributed by atoms with van der Waals surface area (Å²) in [7, 11) is 1.24. The average Bonchev–Trinajstić information content (AvgIpc) is 2.93. The van der Waals surface area contributed by atoms with E-state index in [0.29, 0.717) is 17.7 Å². The van der Waals surface area contributed by atoms with Gasteiger partial charge in [-0.2, -0.15) is 0 Å². The number of anilines is 1. The SMILES string of the molecule is CON=C(C(=O)NC1C(=O)N2C(C(=O)OCc3ccc([N+](=O)[O-])cc3)=CCS[C@H]12)c1cccc(NC=O)n1. The number of ether oxygens (including phenoxy) is 1. The molecule has 2 atom stereocenters. The number of nitrogens with zero attached hydrogens (tertiary/aromatic N) is 4. The number of hydrogen-bond donors (Lipinski definition) is 2. The zero-order chi connectivity index (χ0) is 27.2. The Kier molecular flexibility index (Phi) is 7.96. The fraction of sp³-hybridized carbons (Fsp3) is 0.217. The van der Waals surface area contributed by atoms with Crippen LogP contribution in [0.25, 0.3) is 0 Å². The highest BCUT2D eigenvalue weighted by molar-refractivity contribution is 8.00. The third-order valence-corrected chi connectivity index (χ3v) is 6.64. The number of β-lactam (4-membered cyclic amide) rings is 1. The number of pyridine rings is 1. The van der Waals surface area contributed by atoms with Crippen LogP contribution in [0, 0.1) is 10.1 Å². The second kappa shape index (κ2) is 11.5. The van der Waals surface area contributed by atoms with Gasteiger partial charge in [-0.3, -0.25) is 29.4 Å². The molecule has 1 fully saturated rings.